The third-order valence-corrected chi connectivity index (χ3v) is 4.84. The van der Waals surface area contributed by atoms with Gasteiger partial charge in [-0.2, -0.15) is 0 Å². The van der Waals surface area contributed by atoms with Crippen molar-refractivity contribution in [1.29, 1.82) is 0 Å². The molecule has 108 valence electrons. The fourth-order valence-electron chi connectivity index (χ4n) is 1.33. The van der Waals surface area contributed by atoms with E-state index in [0.717, 1.165) is 0 Å². The van der Waals surface area contributed by atoms with Gasteiger partial charge < -0.3 is 4.74 Å². The number of hydrogen-bond acceptors (Lipinski definition) is 3. The number of ether oxygens (including phenoxy) is 1. The summed E-state index contributed by atoms with van der Waals surface area (Å²) in [6.45, 7) is 7.73. The number of nitrogens with one attached hydrogen (secondary N) is 1. The summed E-state index contributed by atoms with van der Waals surface area (Å²) in [5, 5.41) is 0.351. The van der Waals surface area contributed by atoms with E-state index in [4.69, 9.17) is 16.3 Å². The lowest BCUT2D eigenvalue weighted by atomic mass is 9.89. The van der Waals surface area contributed by atoms with Crippen molar-refractivity contribution in [3.8, 4) is 5.75 Å². The summed E-state index contributed by atoms with van der Waals surface area (Å²) in [7, 11) is -2.24. The summed E-state index contributed by atoms with van der Waals surface area (Å²) in [6, 6.07) is 4.30. The molecule has 0 saturated heterocycles. The Morgan fingerprint density at radius 1 is 1.32 bits per heavy atom. The maximum Gasteiger partial charge on any atom is 0.244 e. The van der Waals surface area contributed by atoms with Gasteiger partial charge in [-0.25, -0.2) is 13.1 Å². The largest absolute Gasteiger partial charge is 0.495 e. The van der Waals surface area contributed by atoms with Crippen LogP contribution < -0.4 is 9.46 Å². The van der Waals surface area contributed by atoms with Gasteiger partial charge in [0.2, 0.25) is 10.0 Å². The molecule has 1 N–H and O–H groups in total. The fraction of sp³-hybridized carbons (Fsp3) is 0.538. The number of methoxy groups -OCH3 is 1. The van der Waals surface area contributed by atoms with Crippen LogP contribution in [0.2, 0.25) is 5.02 Å². The summed E-state index contributed by atoms with van der Waals surface area (Å²) in [5.41, 5.74) is -0.182. The molecule has 4 nitrogen and oxygen atoms in total. The third-order valence-electron chi connectivity index (χ3n) is 3.05. The maximum absolute atomic E-state index is 12.4. The molecule has 0 fully saturated rings. The minimum absolute atomic E-state index is 0.0543. The van der Waals surface area contributed by atoms with Crippen molar-refractivity contribution in [2.45, 2.75) is 38.6 Å². The highest BCUT2D eigenvalue weighted by Gasteiger charge is 2.28. The van der Waals surface area contributed by atoms with Crippen molar-refractivity contribution >= 4 is 21.6 Å². The molecule has 6 heteroatoms. The molecule has 0 aliphatic carbocycles. The molecule has 0 amide bonds. The van der Waals surface area contributed by atoms with E-state index in [9.17, 15) is 8.42 Å². The zero-order valence-electron chi connectivity index (χ0n) is 11.8. The maximum atomic E-state index is 12.4. The Bertz CT molecular complexity index is 549. The Labute approximate surface area is 120 Å². The minimum Gasteiger partial charge on any atom is -0.495 e. The third kappa shape index (κ3) is 4.09. The van der Waals surface area contributed by atoms with E-state index in [-0.39, 0.29) is 22.1 Å². The van der Waals surface area contributed by atoms with E-state index in [2.05, 4.69) is 4.72 Å². The van der Waals surface area contributed by atoms with Gasteiger partial charge in [0.1, 0.15) is 10.6 Å². The van der Waals surface area contributed by atoms with Crippen molar-refractivity contribution in [3.63, 3.8) is 0 Å². The van der Waals surface area contributed by atoms with Crippen LogP contribution in [0.5, 0.6) is 5.75 Å². The molecular formula is C13H20ClNO3S. The summed E-state index contributed by atoms with van der Waals surface area (Å²) in [4.78, 5) is 0.0543. The molecule has 1 atom stereocenters. The molecule has 0 bridgehead atoms. The molecule has 1 unspecified atom stereocenters. The van der Waals surface area contributed by atoms with Crippen LogP contribution in [0.3, 0.4) is 0 Å². The first-order chi connectivity index (χ1) is 8.58. The Morgan fingerprint density at radius 2 is 1.89 bits per heavy atom. The molecule has 0 aliphatic rings. The van der Waals surface area contributed by atoms with Gasteiger partial charge in [-0.1, -0.05) is 32.4 Å². The van der Waals surface area contributed by atoms with Crippen LogP contribution in [-0.4, -0.2) is 21.6 Å². The van der Waals surface area contributed by atoms with Gasteiger partial charge in [0, 0.05) is 11.1 Å². The molecule has 1 aromatic carbocycles. The Kier molecular flexibility index (Phi) is 4.87. The molecule has 0 saturated carbocycles. The predicted molar refractivity (Wildman–Crippen MR) is 77.2 cm³/mol. The van der Waals surface area contributed by atoms with Crippen LogP contribution in [0.1, 0.15) is 27.7 Å². The van der Waals surface area contributed by atoms with Crippen LogP contribution >= 0.6 is 11.6 Å². The lowest BCUT2D eigenvalue weighted by Crippen LogP contribution is -2.41. The summed E-state index contributed by atoms with van der Waals surface area (Å²) >= 11 is 5.86. The highest BCUT2D eigenvalue weighted by Crippen LogP contribution is 2.28. The smallest absolute Gasteiger partial charge is 0.244 e. The lowest BCUT2D eigenvalue weighted by Gasteiger charge is -2.28. The number of sulfonamides is 1. The molecule has 0 aliphatic heterocycles. The van der Waals surface area contributed by atoms with Crippen molar-refractivity contribution in [2.24, 2.45) is 5.41 Å². The average Bonchev–Trinajstić information content (AvgIpc) is 2.27. The summed E-state index contributed by atoms with van der Waals surface area (Å²) in [6.07, 6.45) is 0. The topological polar surface area (TPSA) is 55.4 Å². The molecular weight excluding hydrogens is 286 g/mol. The first-order valence-electron chi connectivity index (χ1n) is 5.94. The van der Waals surface area contributed by atoms with Gasteiger partial charge in [0.25, 0.3) is 0 Å². The normalized spacial score (nSPS) is 14.2. The number of rotatable bonds is 4. The van der Waals surface area contributed by atoms with Crippen LogP contribution in [0, 0.1) is 5.41 Å². The first kappa shape index (κ1) is 16.3. The lowest BCUT2D eigenvalue weighted by molar-refractivity contribution is 0.317. The van der Waals surface area contributed by atoms with E-state index in [1.165, 1.54) is 13.2 Å². The molecule has 1 rings (SSSR count). The molecule has 19 heavy (non-hydrogen) atoms. The highest BCUT2D eigenvalue weighted by atomic mass is 35.5. The first-order valence-corrected chi connectivity index (χ1v) is 7.80. The quantitative estimate of drug-likeness (QED) is 0.930. The Hall–Kier alpha value is -0.780. The molecule has 0 heterocycles. The summed E-state index contributed by atoms with van der Waals surface area (Å²) in [5.74, 6) is 0.276. The van der Waals surface area contributed by atoms with E-state index in [0.29, 0.717) is 5.02 Å². The van der Waals surface area contributed by atoms with Crippen molar-refractivity contribution in [2.75, 3.05) is 7.11 Å². The second-order valence-corrected chi connectivity index (χ2v) is 7.62. The zero-order chi connectivity index (χ0) is 14.8. The second-order valence-electron chi connectivity index (χ2n) is 5.50. The minimum atomic E-state index is -3.67. The Balaban J connectivity index is 3.17. The van der Waals surface area contributed by atoms with Crippen LogP contribution in [-0.2, 0) is 10.0 Å². The summed E-state index contributed by atoms with van der Waals surface area (Å²) < 4.78 is 32.5. The Morgan fingerprint density at radius 3 is 2.37 bits per heavy atom. The van der Waals surface area contributed by atoms with E-state index in [1.807, 2.05) is 27.7 Å². The van der Waals surface area contributed by atoms with Crippen molar-refractivity contribution < 1.29 is 13.2 Å². The van der Waals surface area contributed by atoms with Gasteiger partial charge in [0.15, 0.2) is 0 Å². The van der Waals surface area contributed by atoms with Crippen molar-refractivity contribution in [3.05, 3.63) is 23.2 Å². The van der Waals surface area contributed by atoms with Gasteiger partial charge >= 0.3 is 0 Å². The number of halogens is 1. The van der Waals surface area contributed by atoms with E-state index >= 15 is 0 Å². The fourth-order valence-corrected chi connectivity index (χ4v) is 3.21. The van der Waals surface area contributed by atoms with Crippen LogP contribution in [0.25, 0.3) is 0 Å². The highest BCUT2D eigenvalue weighted by molar-refractivity contribution is 7.89. The SMILES string of the molecule is COc1ccc(Cl)cc1S(=O)(=O)NC(C)C(C)(C)C. The molecule has 1 aromatic rings. The van der Waals surface area contributed by atoms with Crippen LogP contribution in [0.4, 0.5) is 0 Å². The average molecular weight is 306 g/mol. The zero-order valence-corrected chi connectivity index (χ0v) is 13.4. The molecule has 0 aromatic heterocycles. The van der Waals surface area contributed by atoms with Gasteiger partial charge in [-0.15, -0.1) is 0 Å². The standard InChI is InChI=1S/C13H20ClNO3S/c1-9(13(2,3)4)15-19(16,17)12-8-10(14)6-7-11(12)18-5/h6-9,15H,1-5H3. The van der Waals surface area contributed by atoms with E-state index in [1.54, 1.807) is 12.1 Å². The van der Waals surface area contributed by atoms with E-state index < -0.39 is 10.0 Å². The van der Waals surface area contributed by atoms with Crippen LogP contribution in [0.15, 0.2) is 23.1 Å². The van der Waals surface area contributed by atoms with Gasteiger partial charge in [-0.3, -0.25) is 0 Å². The molecule has 0 radical (unpaired) electrons. The van der Waals surface area contributed by atoms with Gasteiger partial charge in [0.05, 0.1) is 7.11 Å². The van der Waals surface area contributed by atoms with Gasteiger partial charge in [-0.05, 0) is 30.5 Å². The van der Waals surface area contributed by atoms with Crippen molar-refractivity contribution in [1.82, 2.24) is 4.72 Å². The monoisotopic (exact) mass is 305 g/mol. The second kappa shape index (κ2) is 5.69. The number of benzene rings is 1. The number of hydrogen-bond donors (Lipinski definition) is 1. The predicted octanol–water partition coefficient (Wildman–Crippen LogP) is 3.06. The molecule has 0 spiro atoms.